The van der Waals surface area contributed by atoms with Crippen molar-refractivity contribution < 1.29 is 9.21 Å². The molecule has 1 amide bonds. The summed E-state index contributed by atoms with van der Waals surface area (Å²) in [5.74, 6) is 0.759. The van der Waals surface area contributed by atoms with Gasteiger partial charge in [-0.15, -0.1) is 0 Å². The van der Waals surface area contributed by atoms with Gasteiger partial charge in [0.05, 0.1) is 6.26 Å². The van der Waals surface area contributed by atoms with Gasteiger partial charge in [0.25, 0.3) is 11.5 Å². The lowest BCUT2D eigenvalue weighted by Gasteiger charge is -2.42. The molecule has 2 aliphatic heterocycles. The van der Waals surface area contributed by atoms with Crippen LogP contribution in [0.25, 0.3) is 11.1 Å². The summed E-state index contributed by atoms with van der Waals surface area (Å²) in [5.41, 5.74) is 4.01. The maximum absolute atomic E-state index is 13.5. The van der Waals surface area contributed by atoms with Gasteiger partial charge in [0.15, 0.2) is 5.76 Å². The number of hydrogen-bond donors (Lipinski definition) is 0. The molecule has 1 fully saturated rings. The Hall–Kier alpha value is -3.12. The Morgan fingerprint density at radius 2 is 1.87 bits per heavy atom. The maximum Gasteiger partial charge on any atom is 0.289 e. The molecule has 2 bridgehead atoms. The summed E-state index contributed by atoms with van der Waals surface area (Å²) in [6, 6.07) is 15.6. The van der Waals surface area contributed by atoms with Gasteiger partial charge in [-0.3, -0.25) is 9.59 Å². The predicted molar refractivity (Wildman–Crippen MR) is 119 cm³/mol. The van der Waals surface area contributed by atoms with Gasteiger partial charge in [0.1, 0.15) is 0 Å². The van der Waals surface area contributed by atoms with E-state index in [2.05, 4.69) is 17.0 Å². The average molecular weight is 418 g/mol. The molecule has 31 heavy (non-hydrogen) atoms. The average Bonchev–Trinajstić information content (AvgIpc) is 3.29. The van der Waals surface area contributed by atoms with Crippen molar-refractivity contribution in [2.75, 3.05) is 27.2 Å². The van der Waals surface area contributed by atoms with Crippen LogP contribution in [0, 0.1) is 5.92 Å². The van der Waals surface area contributed by atoms with Gasteiger partial charge in [0.2, 0.25) is 0 Å². The highest BCUT2D eigenvalue weighted by Gasteiger charge is 2.37. The van der Waals surface area contributed by atoms with Crippen molar-refractivity contribution in [2.45, 2.75) is 25.4 Å². The van der Waals surface area contributed by atoms with Crippen LogP contribution in [-0.2, 0) is 13.1 Å². The van der Waals surface area contributed by atoms with Crippen LogP contribution in [0.5, 0.6) is 0 Å². The normalized spacial score (nSPS) is 20.0. The molecule has 0 N–H and O–H groups in total. The zero-order valence-electron chi connectivity index (χ0n) is 18.0. The van der Waals surface area contributed by atoms with Gasteiger partial charge in [-0.05, 0) is 61.8 Å². The fourth-order valence-electron chi connectivity index (χ4n) is 5.13. The molecule has 3 aromatic rings. The van der Waals surface area contributed by atoms with Crippen molar-refractivity contribution in [3.63, 3.8) is 0 Å². The van der Waals surface area contributed by atoms with E-state index in [4.69, 9.17) is 4.42 Å². The van der Waals surface area contributed by atoms with Crippen LogP contribution in [0.2, 0.25) is 0 Å². The minimum absolute atomic E-state index is 0.0651. The number of likely N-dealkylation sites (tertiary alicyclic amines) is 1. The molecule has 5 rings (SSSR count). The lowest BCUT2D eigenvalue weighted by atomic mass is 9.82. The number of furan rings is 1. The van der Waals surface area contributed by atoms with Crippen LogP contribution in [0.4, 0.5) is 0 Å². The summed E-state index contributed by atoms with van der Waals surface area (Å²) in [6.45, 7) is 2.71. The number of aromatic nitrogens is 1. The van der Waals surface area contributed by atoms with Gasteiger partial charge >= 0.3 is 0 Å². The van der Waals surface area contributed by atoms with Crippen molar-refractivity contribution in [3.8, 4) is 11.1 Å². The zero-order chi connectivity index (χ0) is 21.5. The lowest BCUT2D eigenvalue weighted by Crippen LogP contribution is -2.49. The van der Waals surface area contributed by atoms with Crippen LogP contribution in [0.15, 0.2) is 64.0 Å². The summed E-state index contributed by atoms with van der Waals surface area (Å²) in [4.78, 5) is 30.3. The topological polar surface area (TPSA) is 58.7 Å². The van der Waals surface area contributed by atoms with Crippen LogP contribution < -0.4 is 5.56 Å². The molecule has 0 aliphatic carbocycles. The monoisotopic (exact) mass is 417 g/mol. The Morgan fingerprint density at radius 1 is 1.03 bits per heavy atom. The predicted octanol–water partition coefficient (Wildman–Crippen LogP) is 3.43. The van der Waals surface area contributed by atoms with Gasteiger partial charge in [-0.1, -0.05) is 24.3 Å². The van der Waals surface area contributed by atoms with E-state index >= 15 is 0 Å². The number of rotatable bonds is 4. The molecular weight excluding hydrogens is 390 g/mol. The SMILES string of the molecule is CN(C)Cc1ccccc1-c1ccc2n(c1=O)C[C@@H]1C[C@@H]2CN(C(=O)c2ccco2)C1. The molecule has 0 saturated carbocycles. The molecule has 160 valence electrons. The minimum Gasteiger partial charge on any atom is -0.459 e. The fraction of sp³-hybridized carbons (Fsp3) is 0.360. The first-order valence-corrected chi connectivity index (χ1v) is 10.8. The van der Waals surface area contributed by atoms with Crippen LogP contribution in [0.1, 0.15) is 34.2 Å². The van der Waals surface area contributed by atoms with Crippen molar-refractivity contribution in [3.05, 3.63) is 82.2 Å². The number of piperidine rings is 1. The molecule has 6 nitrogen and oxygen atoms in total. The molecule has 2 atom stereocenters. The molecule has 2 aromatic heterocycles. The fourth-order valence-corrected chi connectivity index (χ4v) is 5.13. The van der Waals surface area contributed by atoms with Crippen molar-refractivity contribution >= 4 is 5.91 Å². The third-order valence-corrected chi connectivity index (χ3v) is 6.42. The summed E-state index contributed by atoms with van der Waals surface area (Å²) in [5, 5.41) is 0. The van der Waals surface area contributed by atoms with Crippen LogP contribution in [0.3, 0.4) is 0 Å². The minimum atomic E-state index is -0.0651. The summed E-state index contributed by atoms with van der Waals surface area (Å²) < 4.78 is 7.27. The summed E-state index contributed by atoms with van der Waals surface area (Å²) >= 11 is 0. The molecule has 1 aromatic carbocycles. The third kappa shape index (κ3) is 3.61. The second-order valence-electron chi connectivity index (χ2n) is 8.97. The largest absolute Gasteiger partial charge is 0.459 e. The Labute approximate surface area is 181 Å². The first-order chi connectivity index (χ1) is 15.0. The Balaban J connectivity index is 1.48. The molecule has 0 radical (unpaired) electrons. The standard InChI is InChI=1S/C25H27N3O3/c1-26(2)15-18-6-3-4-7-20(18)21-9-10-22-19-12-17(14-28(22)24(21)29)13-27(16-19)25(30)23-8-5-11-31-23/h3-11,17,19H,12-16H2,1-2H3/t17-,19-/m1/s1. The van der Waals surface area contributed by atoms with E-state index in [-0.39, 0.29) is 23.3 Å². The van der Waals surface area contributed by atoms with Gasteiger partial charge in [-0.2, -0.15) is 0 Å². The molecular formula is C25H27N3O3. The molecule has 1 saturated heterocycles. The zero-order valence-corrected chi connectivity index (χ0v) is 18.0. The van der Waals surface area contributed by atoms with E-state index in [1.54, 1.807) is 12.1 Å². The first kappa shape index (κ1) is 19.8. The number of pyridine rings is 1. The van der Waals surface area contributed by atoms with Crippen molar-refractivity contribution in [1.82, 2.24) is 14.4 Å². The third-order valence-electron chi connectivity index (χ3n) is 6.42. The van der Waals surface area contributed by atoms with E-state index in [0.29, 0.717) is 25.4 Å². The van der Waals surface area contributed by atoms with E-state index < -0.39 is 0 Å². The molecule has 6 heteroatoms. The highest BCUT2D eigenvalue weighted by atomic mass is 16.3. The van der Waals surface area contributed by atoms with E-state index in [1.165, 1.54) is 6.26 Å². The van der Waals surface area contributed by atoms with E-state index in [0.717, 1.165) is 35.3 Å². The second-order valence-corrected chi connectivity index (χ2v) is 8.97. The number of nitrogens with zero attached hydrogens (tertiary/aromatic N) is 3. The van der Waals surface area contributed by atoms with Gasteiger partial charge in [0, 0.05) is 43.4 Å². The quantitative estimate of drug-likeness (QED) is 0.653. The Kier molecular flexibility index (Phi) is 5.02. The summed E-state index contributed by atoms with van der Waals surface area (Å²) in [7, 11) is 4.07. The van der Waals surface area contributed by atoms with Gasteiger partial charge in [-0.25, -0.2) is 0 Å². The molecule has 0 spiro atoms. The highest BCUT2D eigenvalue weighted by Crippen LogP contribution is 2.36. The summed E-state index contributed by atoms with van der Waals surface area (Å²) in [6.07, 6.45) is 2.54. The lowest BCUT2D eigenvalue weighted by molar-refractivity contribution is 0.0564. The Bertz CT molecular complexity index is 1160. The maximum atomic E-state index is 13.5. The van der Waals surface area contributed by atoms with E-state index in [9.17, 15) is 9.59 Å². The number of carbonyl (C=O) groups is 1. The van der Waals surface area contributed by atoms with Crippen molar-refractivity contribution in [1.29, 1.82) is 0 Å². The molecule has 4 heterocycles. The van der Waals surface area contributed by atoms with Crippen LogP contribution >= 0.6 is 0 Å². The van der Waals surface area contributed by atoms with Gasteiger partial charge < -0.3 is 18.8 Å². The first-order valence-electron chi connectivity index (χ1n) is 10.8. The number of fused-ring (bicyclic) bond motifs is 4. The number of hydrogen-bond acceptors (Lipinski definition) is 4. The second kappa shape index (κ2) is 7.85. The molecule has 2 aliphatic rings. The van der Waals surface area contributed by atoms with Crippen molar-refractivity contribution in [2.24, 2.45) is 5.92 Å². The Morgan fingerprint density at radius 3 is 2.65 bits per heavy atom. The highest BCUT2D eigenvalue weighted by molar-refractivity contribution is 5.91. The number of carbonyl (C=O) groups excluding carboxylic acids is 1. The van der Waals surface area contributed by atoms with Crippen LogP contribution in [-0.4, -0.2) is 47.5 Å². The number of benzene rings is 1. The smallest absolute Gasteiger partial charge is 0.289 e. The van der Waals surface area contributed by atoms with E-state index in [1.807, 2.05) is 47.8 Å². The number of amides is 1. The molecule has 0 unspecified atom stereocenters.